The van der Waals surface area contributed by atoms with Crippen molar-refractivity contribution in [2.24, 2.45) is 11.7 Å². The average molecular weight is 189 g/mol. The molecule has 0 heterocycles. The zero-order valence-electron chi connectivity index (χ0n) is 10.9. The molecule has 1 nitrogen and oxygen atoms in total. The molecular weight excluding hydrogens is 158 g/mol. The van der Waals surface area contributed by atoms with Gasteiger partial charge in [-0.05, 0) is 12.0 Å². The van der Waals surface area contributed by atoms with Crippen LogP contribution in [0, 0.1) is 5.92 Å². The molecule has 0 saturated carbocycles. The van der Waals surface area contributed by atoms with Crippen molar-refractivity contribution in [3.05, 3.63) is 0 Å². The second kappa shape index (κ2) is 17.9. The molecule has 0 aliphatic rings. The summed E-state index contributed by atoms with van der Waals surface area (Å²) in [4.78, 5) is 0. The molecule has 0 aliphatic carbocycles. The van der Waals surface area contributed by atoms with Gasteiger partial charge < -0.3 is 5.73 Å². The van der Waals surface area contributed by atoms with E-state index in [0.717, 1.165) is 5.92 Å². The summed E-state index contributed by atoms with van der Waals surface area (Å²) in [5, 5.41) is 0. The fraction of sp³-hybridized carbons (Fsp3) is 1.00. The van der Waals surface area contributed by atoms with E-state index < -0.39 is 0 Å². The Morgan fingerprint density at radius 2 is 1.00 bits per heavy atom. The maximum atomic E-state index is 5.11. The molecular formula is C12H31N. The van der Waals surface area contributed by atoms with Crippen LogP contribution in [0.25, 0.3) is 0 Å². The highest BCUT2D eigenvalue weighted by atomic mass is 14.6. The van der Waals surface area contributed by atoms with Crippen molar-refractivity contribution in [1.82, 2.24) is 0 Å². The smallest absolute Gasteiger partial charge is 0.00179 e. The highest BCUT2D eigenvalue weighted by Gasteiger charge is 1.88. The molecule has 0 unspecified atom stereocenters. The second-order valence-electron chi connectivity index (χ2n) is 3.87. The monoisotopic (exact) mass is 189 g/mol. The van der Waals surface area contributed by atoms with Gasteiger partial charge in [0.25, 0.3) is 0 Å². The minimum absolute atomic E-state index is 0.333. The number of rotatable bonds is 2. The van der Waals surface area contributed by atoms with Crippen molar-refractivity contribution in [1.29, 1.82) is 0 Å². The lowest BCUT2D eigenvalue weighted by molar-refractivity contribution is 0.544. The maximum Gasteiger partial charge on any atom is -0.00179 e. The minimum Gasteiger partial charge on any atom is -0.328 e. The molecule has 13 heavy (non-hydrogen) atoms. The van der Waals surface area contributed by atoms with Crippen LogP contribution in [0.5, 0.6) is 0 Å². The zero-order chi connectivity index (χ0) is 11.3. The minimum atomic E-state index is 0.333. The van der Waals surface area contributed by atoms with Crippen molar-refractivity contribution in [3.8, 4) is 0 Å². The molecule has 0 aromatic rings. The van der Waals surface area contributed by atoms with Gasteiger partial charge in [-0.15, -0.1) is 0 Å². The van der Waals surface area contributed by atoms with E-state index in [1.54, 1.807) is 0 Å². The second-order valence-corrected chi connectivity index (χ2v) is 3.87. The van der Waals surface area contributed by atoms with Crippen LogP contribution in [0.4, 0.5) is 0 Å². The highest BCUT2D eigenvalue weighted by Crippen LogP contribution is 2.02. The summed E-state index contributed by atoms with van der Waals surface area (Å²) in [6.45, 7) is 14.9. The van der Waals surface area contributed by atoms with E-state index >= 15 is 0 Å². The molecule has 0 rings (SSSR count). The Hall–Kier alpha value is -0.0400. The molecule has 0 spiro atoms. The molecule has 0 saturated heterocycles. The van der Waals surface area contributed by atoms with Gasteiger partial charge in [0.15, 0.2) is 0 Å². The lowest BCUT2D eigenvalue weighted by atomic mass is 10.1. The quantitative estimate of drug-likeness (QED) is 0.692. The van der Waals surface area contributed by atoms with Gasteiger partial charge in [-0.1, -0.05) is 67.7 Å². The molecule has 0 aliphatic heterocycles. The van der Waals surface area contributed by atoms with E-state index in [0.29, 0.717) is 6.04 Å². The van der Waals surface area contributed by atoms with E-state index in [9.17, 15) is 0 Å². The number of hydrogen-bond acceptors (Lipinski definition) is 1. The summed E-state index contributed by atoms with van der Waals surface area (Å²) < 4.78 is 0. The van der Waals surface area contributed by atoms with Crippen molar-refractivity contribution >= 4 is 0 Å². The van der Waals surface area contributed by atoms with Crippen LogP contribution in [0.15, 0.2) is 0 Å². The van der Waals surface area contributed by atoms with E-state index in [1.807, 2.05) is 13.8 Å². The molecule has 0 bridgehead atoms. The van der Waals surface area contributed by atoms with Gasteiger partial charge in [0.2, 0.25) is 0 Å². The van der Waals surface area contributed by atoms with Crippen LogP contribution in [-0.2, 0) is 0 Å². The molecule has 0 aromatic carbocycles. The molecule has 2 N–H and O–H groups in total. The van der Waals surface area contributed by atoms with E-state index in [4.69, 9.17) is 5.73 Å². The molecule has 84 valence electrons. The van der Waals surface area contributed by atoms with Crippen LogP contribution in [0.3, 0.4) is 0 Å². The largest absolute Gasteiger partial charge is 0.328 e. The van der Waals surface area contributed by atoms with Gasteiger partial charge >= 0.3 is 0 Å². The Labute approximate surface area is 86.1 Å². The summed E-state index contributed by atoms with van der Waals surface area (Å²) >= 11 is 0. The summed E-state index contributed by atoms with van der Waals surface area (Å²) in [5.74, 6) is 0.935. The van der Waals surface area contributed by atoms with Crippen LogP contribution < -0.4 is 5.73 Å². The topological polar surface area (TPSA) is 26.0 Å². The average Bonchev–Trinajstić information content (AvgIpc) is 2.03. The first-order valence-corrected chi connectivity index (χ1v) is 5.71. The van der Waals surface area contributed by atoms with Crippen LogP contribution >= 0.6 is 0 Å². The first-order chi connectivity index (χ1) is 5.95. The number of hydrogen-bond donors (Lipinski definition) is 1. The Morgan fingerprint density at radius 1 is 0.846 bits per heavy atom. The third-order valence-electron chi connectivity index (χ3n) is 1.39. The van der Waals surface area contributed by atoms with Gasteiger partial charge in [0.1, 0.15) is 0 Å². The predicted molar refractivity (Wildman–Crippen MR) is 65.0 cm³/mol. The molecule has 0 atom stereocenters. The van der Waals surface area contributed by atoms with Gasteiger partial charge in [0.05, 0.1) is 0 Å². The standard InChI is InChI=1S/C6H14.C3H9N.C3H8/c1-4-6(3)5-2;1-3(2)4;1-3-2/h6H,4-5H2,1-3H3;3H,4H2,1-2H3;3H2,1-2H3. The van der Waals surface area contributed by atoms with Crippen molar-refractivity contribution in [2.75, 3.05) is 0 Å². The Morgan fingerprint density at radius 3 is 1.00 bits per heavy atom. The maximum absolute atomic E-state index is 5.11. The lowest BCUT2D eigenvalue weighted by Crippen LogP contribution is -2.06. The number of nitrogens with two attached hydrogens (primary N) is 1. The van der Waals surface area contributed by atoms with E-state index in [2.05, 4.69) is 34.6 Å². The van der Waals surface area contributed by atoms with Gasteiger partial charge in [0, 0.05) is 0 Å². The molecule has 0 aromatic heterocycles. The fourth-order valence-corrected chi connectivity index (χ4v) is 0.289. The summed E-state index contributed by atoms with van der Waals surface area (Å²) in [6.07, 6.45) is 3.91. The third kappa shape index (κ3) is 75.7. The van der Waals surface area contributed by atoms with E-state index in [-0.39, 0.29) is 0 Å². The summed E-state index contributed by atoms with van der Waals surface area (Å²) in [5.41, 5.74) is 5.11. The molecule has 0 radical (unpaired) electrons. The van der Waals surface area contributed by atoms with Crippen LogP contribution in [0.1, 0.15) is 67.7 Å². The van der Waals surface area contributed by atoms with Gasteiger partial charge in [-0.25, -0.2) is 0 Å². The fourth-order valence-electron chi connectivity index (χ4n) is 0.289. The van der Waals surface area contributed by atoms with Gasteiger partial charge in [-0.3, -0.25) is 0 Å². The first-order valence-electron chi connectivity index (χ1n) is 5.71. The summed E-state index contributed by atoms with van der Waals surface area (Å²) in [6, 6.07) is 0.333. The SMILES string of the molecule is CC(C)N.CCC.CCC(C)CC. The van der Waals surface area contributed by atoms with Gasteiger partial charge in [-0.2, -0.15) is 0 Å². The highest BCUT2D eigenvalue weighted by molar-refractivity contribution is 4.41. The third-order valence-corrected chi connectivity index (χ3v) is 1.39. The van der Waals surface area contributed by atoms with Crippen LogP contribution in [0.2, 0.25) is 0 Å². The first kappa shape index (κ1) is 18.7. The summed E-state index contributed by atoms with van der Waals surface area (Å²) in [7, 11) is 0. The van der Waals surface area contributed by atoms with Crippen LogP contribution in [-0.4, -0.2) is 6.04 Å². The molecule has 0 fully saturated rings. The van der Waals surface area contributed by atoms with Crippen molar-refractivity contribution < 1.29 is 0 Å². The molecule has 0 amide bonds. The Bertz CT molecular complexity index is 53.4. The Balaban J connectivity index is -0.000000125. The predicted octanol–water partition coefficient (Wildman–Crippen LogP) is 4.21. The normalized spacial score (nSPS) is 8.77. The van der Waals surface area contributed by atoms with Crippen molar-refractivity contribution in [3.63, 3.8) is 0 Å². The Kier molecular flexibility index (Phi) is 25.7. The van der Waals surface area contributed by atoms with Crippen molar-refractivity contribution in [2.45, 2.75) is 73.8 Å². The van der Waals surface area contributed by atoms with E-state index in [1.165, 1.54) is 19.3 Å². The zero-order valence-corrected chi connectivity index (χ0v) is 10.9. The molecule has 1 heteroatoms. The lowest BCUT2D eigenvalue weighted by Gasteiger charge is -1.98.